The summed E-state index contributed by atoms with van der Waals surface area (Å²) in [4.78, 5) is 5.04. The van der Waals surface area contributed by atoms with Crippen molar-refractivity contribution in [2.75, 3.05) is 10.7 Å². The quantitative estimate of drug-likeness (QED) is 0.132. The average molecular weight is 635 g/mol. The lowest BCUT2D eigenvalue weighted by molar-refractivity contribution is -0.274. The summed E-state index contributed by atoms with van der Waals surface area (Å²) in [5, 5.41) is 23.1. The number of aliphatic hydroxyl groups is 1. The molecule has 2 heterocycles. The third-order valence-electron chi connectivity index (χ3n) is 6.56. The van der Waals surface area contributed by atoms with Crippen LogP contribution in [0.4, 0.5) is 32.0 Å². The van der Waals surface area contributed by atoms with Crippen LogP contribution < -0.4 is 9.64 Å². The third-order valence-corrected chi connectivity index (χ3v) is 7.63. The lowest BCUT2D eigenvalue weighted by Crippen LogP contribution is -2.58. The minimum atomic E-state index is -4.95. The SMILES string of the molecule is CC(C)c1ccccc1N1C(=NN=Cc2ccc(-c3ncn(-c4ccc(OC(F)(F)F)cc4)n3)cc2)SCC1(O)C(F)(F)F. The lowest BCUT2D eigenvalue weighted by atomic mass is 9.99. The van der Waals surface area contributed by atoms with E-state index in [0.717, 1.165) is 28.8 Å². The van der Waals surface area contributed by atoms with Crippen LogP contribution in [-0.4, -0.2) is 55.3 Å². The Hall–Kier alpha value is -4.37. The number of rotatable bonds is 7. The number of hydrogen-bond donors (Lipinski definition) is 1. The number of benzene rings is 3. The van der Waals surface area contributed by atoms with E-state index in [1.54, 1.807) is 42.5 Å². The number of halogens is 6. The summed E-state index contributed by atoms with van der Waals surface area (Å²) < 4.78 is 84.6. The number of alkyl halides is 6. The molecule has 5 rings (SSSR count). The van der Waals surface area contributed by atoms with E-state index in [1.807, 2.05) is 13.8 Å². The fourth-order valence-electron chi connectivity index (χ4n) is 4.40. The molecule has 44 heavy (non-hydrogen) atoms. The number of thioether (sulfide) groups is 1. The van der Waals surface area contributed by atoms with Crippen molar-refractivity contribution in [3.05, 3.63) is 90.3 Å². The molecule has 0 spiro atoms. The Kier molecular flexibility index (Phi) is 8.44. The lowest BCUT2D eigenvalue weighted by Gasteiger charge is -2.36. The van der Waals surface area contributed by atoms with Gasteiger partial charge in [-0.2, -0.15) is 18.3 Å². The summed E-state index contributed by atoms with van der Waals surface area (Å²) in [5.41, 5.74) is -0.665. The summed E-state index contributed by atoms with van der Waals surface area (Å²) in [6.07, 6.45) is -6.97. The molecule has 8 nitrogen and oxygen atoms in total. The van der Waals surface area contributed by atoms with Crippen LogP contribution in [0.25, 0.3) is 17.1 Å². The zero-order chi connectivity index (χ0) is 31.7. The van der Waals surface area contributed by atoms with Crippen LogP contribution in [0.2, 0.25) is 0 Å². The molecule has 1 aliphatic rings. The smallest absolute Gasteiger partial charge is 0.406 e. The summed E-state index contributed by atoms with van der Waals surface area (Å²) in [5.74, 6) is -0.800. The second-order valence-electron chi connectivity index (χ2n) is 9.96. The number of anilines is 1. The van der Waals surface area contributed by atoms with E-state index in [9.17, 15) is 31.4 Å². The maximum atomic E-state index is 14.1. The molecule has 15 heteroatoms. The van der Waals surface area contributed by atoms with Gasteiger partial charge < -0.3 is 9.84 Å². The van der Waals surface area contributed by atoms with Gasteiger partial charge in [-0.05, 0) is 47.4 Å². The van der Waals surface area contributed by atoms with Crippen LogP contribution >= 0.6 is 11.8 Å². The summed E-state index contributed by atoms with van der Waals surface area (Å²) in [6, 6.07) is 18.5. The Labute approximate surface area is 251 Å². The molecule has 0 aliphatic carbocycles. The van der Waals surface area contributed by atoms with Crippen molar-refractivity contribution in [3.8, 4) is 22.8 Å². The largest absolute Gasteiger partial charge is 0.573 e. The first-order valence-electron chi connectivity index (χ1n) is 13.1. The molecule has 0 amide bonds. The van der Waals surface area contributed by atoms with Gasteiger partial charge in [0, 0.05) is 11.3 Å². The van der Waals surface area contributed by atoms with Crippen molar-refractivity contribution in [1.29, 1.82) is 0 Å². The Morgan fingerprint density at radius 1 is 0.977 bits per heavy atom. The van der Waals surface area contributed by atoms with Gasteiger partial charge in [-0.1, -0.05) is 68.1 Å². The second kappa shape index (κ2) is 12.0. The summed E-state index contributed by atoms with van der Waals surface area (Å²) in [7, 11) is 0. The number of hydrogen-bond acceptors (Lipinski definition) is 7. The van der Waals surface area contributed by atoms with Gasteiger partial charge in [0.25, 0.3) is 5.72 Å². The first kappa shape index (κ1) is 31.1. The molecule has 1 atom stereocenters. The molecule has 0 saturated carbocycles. The van der Waals surface area contributed by atoms with Crippen LogP contribution in [0.5, 0.6) is 5.75 Å². The highest BCUT2D eigenvalue weighted by atomic mass is 32.2. The summed E-state index contributed by atoms with van der Waals surface area (Å²) >= 11 is 0.754. The van der Waals surface area contributed by atoms with Crippen LogP contribution in [0.1, 0.15) is 30.9 Å². The van der Waals surface area contributed by atoms with E-state index in [-0.39, 0.29) is 22.5 Å². The van der Waals surface area contributed by atoms with E-state index in [1.165, 1.54) is 35.4 Å². The molecule has 230 valence electrons. The highest BCUT2D eigenvalue weighted by molar-refractivity contribution is 8.14. The first-order chi connectivity index (χ1) is 20.7. The Morgan fingerprint density at radius 2 is 1.66 bits per heavy atom. The first-order valence-corrected chi connectivity index (χ1v) is 14.0. The minimum Gasteiger partial charge on any atom is -0.406 e. The number of aromatic nitrogens is 3. The van der Waals surface area contributed by atoms with Gasteiger partial charge in [-0.3, -0.25) is 4.90 Å². The number of ether oxygens (including phenoxy) is 1. The normalized spacial score (nSPS) is 18.6. The Balaban J connectivity index is 1.33. The highest BCUT2D eigenvalue weighted by Crippen LogP contribution is 2.47. The van der Waals surface area contributed by atoms with Gasteiger partial charge in [0.15, 0.2) is 11.0 Å². The molecule has 1 N–H and O–H groups in total. The van der Waals surface area contributed by atoms with E-state index in [2.05, 4.69) is 25.0 Å². The fourth-order valence-corrected chi connectivity index (χ4v) is 5.51. The zero-order valence-electron chi connectivity index (χ0n) is 23.1. The van der Waals surface area contributed by atoms with Crippen molar-refractivity contribution >= 4 is 28.8 Å². The maximum Gasteiger partial charge on any atom is 0.573 e. The van der Waals surface area contributed by atoms with Crippen LogP contribution in [0.3, 0.4) is 0 Å². The van der Waals surface area contributed by atoms with E-state index in [0.29, 0.717) is 28.2 Å². The Morgan fingerprint density at radius 3 is 2.30 bits per heavy atom. The molecule has 1 aromatic heterocycles. The van der Waals surface area contributed by atoms with Gasteiger partial charge in [0.2, 0.25) is 0 Å². The van der Waals surface area contributed by atoms with Crippen molar-refractivity contribution < 1.29 is 36.2 Å². The van der Waals surface area contributed by atoms with Gasteiger partial charge in [-0.15, -0.1) is 23.4 Å². The zero-order valence-corrected chi connectivity index (χ0v) is 23.9. The van der Waals surface area contributed by atoms with Crippen LogP contribution in [-0.2, 0) is 0 Å². The van der Waals surface area contributed by atoms with E-state index >= 15 is 0 Å². The molecule has 0 bridgehead atoms. The fraction of sp³-hybridized carbons (Fsp3) is 0.241. The van der Waals surface area contributed by atoms with E-state index in [4.69, 9.17) is 0 Å². The molecular weight excluding hydrogens is 610 g/mol. The third kappa shape index (κ3) is 6.58. The number of nitrogens with zero attached hydrogens (tertiary/aromatic N) is 6. The molecule has 1 aliphatic heterocycles. The van der Waals surface area contributed by atoms with Gasteiger partial charge in [0.05, 0.1) is 17.7 Å². The molecule has 4 aromatic rings. The highest BCUT2D eigenvalue weighted by Gasteiger charge is 2.63. The van der Waals surface area contributed by atoms with Gasteiger partial charge >= 0.3 is 12.5 Å². The van der Waals surface area contributed by atoms with Crippen LogP contribution in [0, 0.1) is 0 Å². The molecular formula is C29H24F6N6O2S. The molecule has 1 unspecified atom stereocenters. The van der Waals surface area contributed by atoms with Gasteiger partial charge in [-0.25, -0.2) is 9.67 Å². The second-order valence-corrected chi connectivity index (χ2v) is 10.9. The topological polar surface area (TPSA) is 88.1 Å². The minimum absolute atomic E-state index is 0.0986. The molecule has 0 radical (unpaired) electrons. The molecule has 1 saturated heterocycles. The number of para-hydroxylation sites is 1. The Bertz CT molecular complexity index is 1670. The standard InChI is InChI=1S/C29H24F6N6O2S/c1-18(2)23-5-3-4-6-24(23)41-26(44-16-27(41,42)28(30,31)32)38-37-15-19-7-9-20(10-8-19)25-36-17-40(39-25)21-11-13-22(14-12-21)43-29(33,34)35/h3-15,17-18,42H,16H2,1-2H3. The van der Waals surface area contributed by atoms with E-state index < -0.39 is 24.0 Å². The van der Waals surface area contributed by atoms with Gasteiger partial charge in [0.1, 0.15) is 12.1 Å². The average Bonchev–Trinajstić information content (AvgIpc) is 3.59. The predicted octanol–water partition coefficient (Wildman–Crippen LogP) is 7.15. The van der Waals surface area contributed by atoms with Crippen molar-refractivity contribution in [2.24, 2.45) is 10.2 Å². The monoisotopic (exact) mass is 634 g/mol. The summed E-state index contributed by atoms with van der Waals surface area (Å²) in [6.45, 7) is 3.70. The van der Waals surface area contributed by atoms with Crippen molar-refractivity contribution in [3.63, 3.8) is 0 Å². The number of amidine groups is 1. The van der Waals surface area contributed by atoms with Crippen LogP contribution in [0.15, 0.2) is 89.3 Å². The van der Waals surface area contributed by atoms with Crippen molar-refractivity contribution in [2.45, 2.75) is 38.0 Å². The van der Waals surface area contributed by atoms with Crippen molar-refractivity contribution in [1.82, 2.24) is 14.8 Å². The predicted molar refractivity (Wildman–Crippen MR) is 155 cm³/mol. The maximum absolute atomic E-state index is 14.1. The molecule has 1 fully saturated rings. The molecule has 3 aromatic carbocycles.